The van der Waals surface area contributed by atoms with Crippen molar-refractivity contribution < 1.29 is 14.2 Å². The molecule has 0 fully saturated rings. The van der Waals surface area contributed by atoms with E-state index in [4.69, 9.17) is 9.84 Å². The molecule has 0 spiro atoms. The Morgan fingerprint density at radius 2 is 1.88 bits per heavy atom. The van der Waals surface area contributed by atoms with Gasteiger partial charge in [-0.3, -0.25) is 0 Å². The summed E-state index contributed by atoms with van der Waals surface area (Å²) in [7, 11) is 1.67. The summed E-state index contributed by atoms with van der Waals surface area (Å²) in [5.74, 6) is 0.208. The lowest BCUT2D eigenvalue weighted by Crippen LogP contribution is -2.01. The van der Waals surface area contributed by atoms with E-state index in [-0.39, 0.29) is 18.4 Å². The molecule has 0 aliphatic carbocycles. The van der Waals surface area contributed by atoms with Crippen LogP contribution in [0.4, 0.5) is 4.39 Å². The number of aliphatic hydroxyl groups is 1. The number of allylic oxidation sites excluding steroid dienone is 7. The van der Waals surface area contributed by atoms with E-state index >= 15 is 0 Å². The van der Waals surface area contributed by atoms with Crippen LogP contribution in [0.1, 0.15) is 62.8 Å². The van der Waals surface area contributed by atoms with Crippen LogP contribution in [-0.2, 0) is 17.8 Å². The van der Waals surface area contributed by atoms with Crippen LogP contribution in [0, 0.1) is 18.8 Å². The van der Waals surface area contributed by atoms with Crippen molar-refractivity contribution in [3.8, 4) is 0 Å². The lowest BCUT2D eigenvalue weighted by molar-refractivity contribution is 0.184. The lowest BCUT2D eigenvalue weighted by atomic mass is 9.94. The highest BCUT2D eigenvalue weighted by molar-refractivity contribution is 5.64. The third-order valence-corrected chi connectivity index (χ3v) is 5.90. The largest absolute Gasteiger partial charge is 0.396 e. The Bertz CT molecular complexity index is 873. The highest BCUT2D eigenvalue weighted by Crippen LogP contribution is 2.27. The van der Waals surface area contributed by atoms with Gasteiger partial charge in [0.05, 0.1) is 6.61 Å². The van der Waals surface area contributed by atoms with Gasteiger partial charge in [-0.25, -0.2) is 4.39 Å². The lowest BCUT2D eigenvalue weighted by Gasteiger charge is -2.14. The van der Waals surface area contributed by atoms with Gasteiger partial charge in [-0.05, 0) is 84.1 Å². The number of aliphatic hydroxyl groups excluding tert-OH is 1. The van der Waals surface area contributed by atoms with Crippen molar-refractivity contribution in [3.05, 3.63) is 88.3 Å². The Hall–Kier alpha value is -2.23. The first-order valence-corrected chi connectivity index (χ1v) is 11.5. The number of ether oxygens (including phenoxy) is 1. The number of hydrogen-bond donors (Lipinski definition) is 1. The molecule has 1 N–H and O–H groups in total. The van der Waals surface area contributed by atoms with Gasteiger partial charge in [-0.15, -0.1) is 0 Å². The molecule has 32 heavy (non-hydrogen) atoms. The molecule has 0 heterocycles. The maximum absolute atomic E-state index is 14.9. The second-order valence-corrected chi connectivity index (χ2v) is 8.67. The molecule has 1 aromatic rings. The molecule has 1 rings (SSSR count). The van der Waals surface area contributed by atoms with Gasteiger partial charge in [0.15, 0.2) is 0 Å². The van der Waals surface area contributed by atoms with E-state index in [9.17, 15) is 4.39 Å². The summed E-state index contributed by atoms with van der Waals surface area (Å²) in [6.45, 7) is 18.9. The second-order valence-electron chi connectivity index (χ2n) is 8.67. The SMILES string of the molecule is C=C(/C(C)=C/c1cc(COC)c(CCCO)cc1C)/C(F)=C\C(=C)C(C)/C=C\C(C)CC. The second kappa shape index (κ2) is 14.0. The molecule has 3 heteroatoms. The van der Waals surface area contributed by atoms with Crippen LogP contribution >= 0.6 is 0 Å². The fourth-order valence-corrected chi connectivity index (χ4v) is 3.29. The minimum atomic E-state index is -0.359. The van der Waals surface area contributed by atoms with Crippen molar-refractivity contribution in [3.63, 3.8) is 0 Å². The fraction of sp³-hybridized carbons (Fsp3) is 0.448. The van der Waals surface area contributed by atoms with E-state index < -0.39 is 0 Å². The quantitative estimate of drug-likeness (QED) is 0.252. The van der Waals surface area contributed by atoms with E-state index in [1.54, 1.807) is 7.11 Å². The van der Waals surface area contributed by atoms with E-state index in [0.717, 1.165) is 40.7 Å². The van der Waals surface area contributed by atoms with Crippen LogP contribution in [0.5, 0.6) is 0 Å². The van der Waals surface area contributed by atoms with Crippen molar-refractivity contribution in [2.75, 3.05) is 13.7 Å². The monoisotopic (exact) mass is 440 g/mol. The first-order valence-electron chi connectivity index (χ1n) is 11.5. The number of methoxy groups -OCH3 is 1. The predicted octanol–water partition coefficient (Wildman–Crippen LogP) is 7.67. The molecule has 0 aliphatic heterocycles. The van der Waals surface area contributed by atoms with Gasteiger partial charge < -0.3 is 9.84 Å². The number of halogens is 1. The Morgan fingerprint density at radius 1 is 1.19 bits per heavy atom. The van der Waals surface area contributed by atoms with Gasteiger partial charge in [0.25, 0.3) is 0 Å². The van der Waals surface area contributed by atoms with Gasteiger partial charge in [0.2, 0.25) is 0 Å². The van der Waals surface area contributed by atoms with Gasteiger partial charge >= 0.3 is 0 Å². The van der Waals surface area contributed by atoms with Crippen molar-refractivity contribution >= 4 is 6.08 Å². The summed E-state index contributed by atoms with van der Waals surface area (Å²) in [5.41, 5.74) is 6.23. The normalized spacial score (nSPS) is 14.6. The summed E-state index contributed by atoms with van der Waals surface area (Å²) >= 11 is 0. The molecule has 0 saturated heterocycles. The average Bonchev–Trinajstić information content (AvgIpc) is 2.77. The predicted molar refractivity (Wildman–Crippen MR) is 136 cm³/mol. The zero-order chi connectivity index (χ0) is 24.3. The van der Waals surface area contributed by atoms with E-state index in [0.29, 0.717) is 24.5 Å². The van der Waals surface area contributed by atoms with Crippen LogP contribution in [0.15, 0.2) is 66.1 Å². The van der Waals surface area contributed by atoms with Crippen molar-refractivity contribution in [1.82, 2.24) is 0 Å². The van der Waals surface area contributed by atoms with Crippen LogP contribution in [0.3, 0.4) is 0 Å². The highest BCUT2D eigenvalue weighted by atomic mass is 19.1. The third-order valence-electron chi connectivity index (χ3n) is 5.90. The molecule has 0 saturated carbocycles. The molecule has 2 unspecified atom stereocenters. The molecular weight excluding hydrogens is 399 g/mol. The topological polar surface area (TPSA) is 29.5 Å². The summed E-state index contributed by atoms with van der Waals surface area (Å²) < 4.78 is 20.3. The van der Waals surface area contributed by atoms with E-state index in [1.165, 1.54) is 11.6 Å². The average molecular weight is 441 g/mol. The van der Waals surface area contributed by atoms with E-state index in [1.807, 2.05) is 26.8 Å². The molecule has 0 aliphatic rings. The summed E-state index contributed by atoms with van der Waals surface area (Å²) in [6.07, 6.45) is 10.3. The first kappa shape index (κ1) is 27.8. The summed E-state index contributed by atoms with van der Waals surface area (Å²) in [5, 5.41) is 9.17. The molecule has 1 aromatic carbocycles. The van der Waals surface area contributed by atoms with Crippen LogP contribution in [0.25, 0.3) is 6.08 Å². The molecule has 0 radical (unpaired) electrons. The van der Waals surface area contributed by atoms with Crippen molar-refractivity contribution in [1.29, 1.82) is 0 Å². The standard InChI is InChI=1S/C29H41FO2/c1-9-20(2)12-13-21(3)22(4)17-29(30)25(7)23(5)15-27-18-28(19-32-8)26(11-10-14-31)16-24(27)6/h12-13,15-18,20-21,31H,4,7,9-11,14,19H2,1-3,5-6,8H3/b13-12-,23-15+,29-17+. The third kappa shape index (κ3) is 8.72. The number of benzene rings is 1. The van der Waals surface area contributed by atoms with Crippen LogP contribution in [0.2, 0.25) is 0 Å². The molecule has 0 amide bonds. The molecular formula is C29H41FO2. The highest BCUT2D eigenvalue weighted by Gasteiger charge is 2.11. The van der Waals surface area contributed by atoms with E-state index in [2.05, 4.69) is 51.3 Å². The first-order chi connectivity index (χ1) is 15.1. The molecule has 2 nitrogen and oxygen atoms in total. The zero-order valence-corrected chi connectivity index (χ0v) is 20.8. The summed E-state index contributed by atoms with van der Waals surface area (Å²) in [4.78, 5) is 0. The van der Waals surface area contributed by atoms with Gasteiger partial charge in [0.1, 0.15) is 5.83 Å². The Balaban J connectivity index is 3.08. The molecule has 176 valence electrons. The van der Waals surface area contributed by atoms with Crippen molar-refractivity contribution in [2.24, 2.45) is 11.8 Å². The molecule has 0 aromatic heterocycles. The smallest absolute Gasteiger partial charge is 0.130 e. The van der Waals surface area contributed by atoms with Crippen LogP contribution in [-0.4, -0.2) is 18.8 Å². The van der Waals surface area contributed by atoms with Gasteiger partial charge in [-0.2, -0.15) is 0 Å². The Morgan fingerprint density at radius 3 is 2.47 bits per heavy atom. The minimum absolute atomic E-state index is 0.0668. The maximum atomic E-state index is 14.9. The van der Waals surface area contributed by atoms with Gasteiger partial charge in [0, 0.05) is 19.3 Å². The summed E-state index contributed by atoms with van der Waals surface area (Å²) in [6, 6.07) is 4.22. The van der Waals surface area contributed by atoms with Crippen molar-refractivity contribution in [2.45, 2.75) is 60.5 Å². The number of hydrogen-bond acceptors (Lipinski definition) is 2. The Labute approximate surface area is 194 Å². The zero-order valence-electron chi connectivity index (χ0n) is 20.8. The molecule has 2 atom stereocenters. The number of rotatable bonds is 13. The maximum Gasteiger partial charge on any atom is 0.130 e. The van der Waals surface area contributed by atoms with Gasteiger partial charge in [-0.1, -0.05) is 64.6 Å². The number of aryl methyl sites for hydroxylation is 2. The molecule has 0 bridgehead atoms. The minimum Gasteiger partial charge on any atom is -0.396 e. The fourth-order valence-electron chi connectivity index (χ4n) is 3.29. The van der Waals surface area contributed by atoms with Crippen LogP contribution < -0.4 is 0 Å². The Kier molecular flexibility index (Phi) is 12.2.